The lowest BCUT2D eigenvalue weighted by Crippen LogP contribution is -2.05. The van der Waals surface area contributed by atoms with E-state index in [0.29, 0.717) is 28.6 Å². The predicted molar refractivity (Wildman–Crippen MR) is 102 cm³/mol. The molecule has 2 aromatic carbocycles. The van der Waals surface area contributed by atoms with Crippen molar-refractivity contribution in [1.29, 1.82) is 0 Å². The number of hydrogen-bond acceptors (Lipinski definition) is 8. The first kappa shape index (κ1) is 19.2. The SMILES string of the molecule is COc1cc(OC)c2c(=O)c(O)c(-c3cc(OC)c(OC)c(OC)c3)oc2c1. The summed E-state index contributed by atoms with van der Waals surface area (Å²) in [6.07, 6.45) is 0. The summed E-state index contributed by atoms with van der Waals surface area (Å²) >= 11 is 0. The highest BCUT2D eigenvalue weighted by atomic mass is 16.5. The van der Waals surface area contributed by atoms with E-state index in [-0.39, 0.29) is 22.5 Å². The van der Waals surface area contributed by atoms with Crippen molar-refractivity contribution in [3.8, 4) is 45.8 Å². The highest BCUT2D eigenvalue weighted by Crippen LogP contribution is 2.43. The quantitative estimate of drug-likeness (QED) is 0.688. The van der Waals surface area contributed by atoms with Crippen molar-refractivity contribution in [3.05, 3.63) is 34.5 Å². The van der Waals surface area contributed by atoms with E-state index < -0.39 is 11.2 Å². The van der Waals surface area contributed by atoms with E-state index in [1.807, 2.05) is 0 Å². The smallest absolute Gasteiger partial charge is 0.238 e. The molecule has 0 unspecified atom stereocenters. The Hall–Kier alpha value is -3.55. The molecule has 0 aliphatic heterocycles. The molecule has 3 rings (SSSR count). The molecule has 1 aromatic heterocycles. The zero-order chi connectivity index (χ0) is 20.4. The predicted octanol–water partition coefficient (Wildman–Crippen LogP) is 3.21. The molecule has 0 aliphatic carbocycles. The zero-order valence-electron chi connectivity index (χ0n) is 16.1. The van der Waals surface area contributed by atoms with Crippen LogP contribution in [0, 0.1) is 0 Å². The van der Waals surface area contributed by atoms with Crippen LogP contribution in [0.15, 0.2) is 33.5 Å². The van der Waals surface area contributed by atoms with Crippen LogP contribution in [0.4, 0.5) is 0 Å². The van der Waals surface area contributed by atoms with Crippen LogP contribution in [0.2, 0.25) is 0 Å². The Kier molecular flexibility index (Phi) is 5.21. The molecule has 28 heavy (non-hydrogen) atoms. The van der Waals surface area contributed by atoms with Crippen molar-refractivity contribution in [2.45, 2.75) is 0 Å². The number of hydrogen-bond donors (Lipinski definition) is 1. The Bertz CT molecular complexity index is 1060. The first-order valence-electron chi connectivity index (χ1n) is 8.21. The van der Waals surface area contributed by atoms with E-state index in [9.17, 15) is 9.90 Å². The Morgan fingerprint density at radius 2 is 1.39 bits per heavy atom. The van der Waals surface area contributed by atoms with Gasteiger partial charge in [-0.05, 0) is 12.1 Å². The van der Waals surface area contributed by atoms with Gasteiger partial charge in [-0.25, -0.2) is 0 Å². The average Bonchev–Trinajstić information content (AvgIpc) is 2.73. The topological polar surface area (TPSA) is 96.6 Å². The molecule has 0 atom stereocenters. The van der Waals surface area contributed by atoms with Crippen molar-refractivity contribution in [2.75, 3.05) is 35.5 Å². The van der Waals surface area contributed by atoms with Gasteiger partial charge in [-0.15, -0.1) is 0 Å². The molecule has 0 radical (unpaired) electrons. The van der Waals surface area contributed by atoms with Crippen LogP contribution >= 0.6 is 0 Å². The van der Waals surface area contributed by atoms with Crippen LogP contribution in [0.3, 0.4) is 0 Å². The van der Waals surface area contributed by atoms with Gasteiger partial charge in [0.2, 0.25) is 16.9 Å². The van der Waals surface area contributed by atoms with Gasteiger partial charge in [0.05, 0.1) is 35.5 Å². The summed E-state index contributed by atoms with van der Waals surface area (Å²) in [6.45, 7) is 0. The molecule has 148 valence electrons. The number of ether oxygens (including phenoxy) is 5. The molecule has 0 fully saturated rings. The molecular weight excluding hydrogens is 368 g/mol. The Balaban J connectivity index is 2.36. The third-order valence-corrected chi connectivity index (χ3v) is 4.29. The minimum Gasteiger partial charge on any atom is -0.502 e. The summed E-state index contributed by atoms with van der Waals surface area (Å²) < 4.78 is 32.3. The largest absolute Gasteiger partial charge is 0.502 e. The number of fused-ring (bicyclic) bond motifs is 1. The van der Waals surface area contributed by atoms with Crippen molar-refractivity contribution in [3.63, 3.8) is 0 Å². The standard InChI is InChI=1S/C20H20O8/c1-23-11-8-12(24-2)16-13(9-11)28-19(18(22)17(16)21)10-6-14(25-3)20(27-5)15(7-10)26-4/h6-9,22H,1-5H3. The van der Waals surface area contributed by atoms with Crippen LogP contribution in [-0.4, -0.2) is 40.7 Å². The molecule has 3 aromatic rings. The molecule has 8 heteroatoms. The molecule has 0 aliphatic rings. The second kappa shape index (κ2) is 7.59. The zero-order valence-corrected chi connectivity index (χ0v) is 16.1. The summed E-state index contributed by atoms with van der Waals surface area (Å²) in [5, 5.41) is 10.7. The number of benzene rings is 2. The molecule has 0 saturated carbocycles. The van der Waals surface area contributed by atoms with Gasteiger partial charge in [0.25, 0.3) is 0 Å². The van der Waals surface area contributed by atoms with Gasteiger partial charge in [-0.2, -0.15) is 0 Å². The lowest BCUT2D eigenvalue weighted by Gasteiger charge is -2.15. The van der Waals surface area contributed by atoms with Crippen LogP contribution in [0.25, 0.3) is 22.3 Å². The van der Waals surface area contributed by atoms with Gasteiger partial charge in [0, 0.05) is 17.7 Å². The third kappa shape index (κ3) is 3.02. The highest BCUT2D eigenvalue weighted by Gasteiger charge is 2.22. The summed E-state index contributed by atoms with van der Waals surface area (Å²) in [7, 11) is 7.31. The van der Waals surface area contributed by atoms with Crippen LogP contribution in [0.5, 0.6) is 34.5 Å². The molecule has 0 saturated heterocycles. The van der Waals surface area contributed by atoms with Crippen molar-refractivity contribution < 1.29 is 33.2 Å². The number of rotatable bonds is 6. The van der Waals surface area contributed by atoms with Gasteiger partial charge in [0.15, 0.2) is 17.3 Å². The Morgan fingerprint density at radius 1 is 0.786 bits per heavy atom. The van der Waals surface area contributed by atoms with Gasteiger partial charge in [-0.1, -0.05) is 0 Å². The van der Waals surface area contributed by atoms with E-state index in [1.54, 1.807) is 18.2 Å². The molecule has 0 bridgehead atoms. The minimum absolute atomic E-state index is 0.0490. The van der Waals surface area contributed by atoms with Gasteiger partial charge in [0.1, 0.15) is 22.5 Å². The van der Waals surface area contributed by atoms with E-state index in [4.69, 9.17) is 28.1 Å². The fourth-order valence-electron chi connectivity index (χ4n) is 2.94. The third-order valence-electron chi connectivity index (χ3n) is 4.29. The maximum absolute atomic E-state index is 12.8. The van der Waals surface area contributed by atoms with Crippen molar-refractivity contribution in [1.82, 2.24) is 0 Å². The van der Waals surface area contributed by atoms with Crippen LogP contribution in [0.1, 0.15) is 0 Å². The second-order valence-electron chi connectivity index (χ2n) is 5.73. The fraction of sp³-hybridized carbons (Fsp3) is 0.250. The summed E-state index contributed by atoms with van der Waals surface area (Å²) in [5.74, 6) is 1.13. The van der Waals surface area contributed by atoms with Gasteiger partial charge < -0.3 is 33.2 Å². The lowest BCUT2D eigenvalue weighted by molar-refractivity contribution is 0.324. The summed E-state index contributed by atoms with van der Waals surface area (Å²) in [4.78, 5) is 12.8. The lowest BCUT2D eigenvalue weighted by atomic mass is 10.1. The summed E-state index contributed by atoms with van der Waals surface area (Å²) in [6, 6.07) is 6.23. The first-order valence-corrected chi connectivity index (χ1v) is 8.21. The van der Waals surface area contributed by atoms with E-state index in [1.165, 1.54) is 41.6 Å². The van der Waals surface area contributed by atoms with E-state index in [2.05, 4.69) is 0 Å². The monoisotopic (exact) mass is 388 g/mol. The van der Waals surface area contributed by atoms with Crippen molar-refractivity contribution >= 4 is 11.0 Å². The number of methoxy groups -OCH3 is 5. The van der Waals surface area contributed by atoms with E-state index in [0.717, 1.165) is 0 Å². The average molecular weight is 388 g/mol. The fourth-order valence-corrected chi connectivity index (χ4v) is 2.94. The Labute approximate surface area is 160 Å². The molecule has 0 spiro atoms. The maximum atomic E-state index is 12.8. The van der Waals surface area contributed by atoms with Crippen LogP contribution in [-0.2, 0) is 0 Å². The molecular formula is C20H20O8. The molecule has 1 heterocycles. The molecule has 1 N–H and O–H groups in total. The van der Waals surface area contributed by atoms with Gasteiger partial charge >= 0.3 is 0 Å². The minimum atomic E-state index is -0.635. The molecule has 0 amide bonds. The van der Waals surface area contributed by atoms with Crippen molar-refractivity contribution in [2.24, 2.45) is 0 Å². The first-order chi connectivity index (χ1) is 13.5. The second-order valence-corrected chi connectivity index (χ2v) is 5.73. The highest BCUT2D eigenvalue weighted by molar-refractivity contribution is 5.88. The molecule has 8 nitrogen and oxygen atoms in total. The number of aromatic hydroxyl groups is 1. The van der Waals surface area contributed by atoms with E-state index >= 15 is 0 Å². The Morgan fingerprint density at radius 3 is 1.89 bits per heavy atom. The van der Waals surface area contributed by atoms with Crippen LogP contribution < -0.4 is 29.1 Å². The normalized spacial score (nSPS) is 10.6. The summed E-state index contributed by atoms with van der Waals surface area (Å²) in [5.41, 5.74) is -0.0694. The van der Waals surface area contributed by atoms with Gasteiger partial charge in [-0.3, -0.25) is 4.79 Å². The maximum Gasteiger partial charge on any atom is 0.238 e.